The smallest absolute Gasteiger partial charge is 0.331 e. The third-order valence-electron chi connectivity index (χ3n) is 5.11. The van der Waals surface area contributed by atoms with Crippen LogP contribution in [0.15, 0.2) is 102 Å². The van der Waals surface area contributed by atoms with E-state index >= 15 is 0 Å². The van der Waals surface area contributed by atoms with Gasteiger partial charge < -0.3 is 8.83 Å². The van der Waals surface area contributed by atoms with Gasteiger partial charge in [0.15, 0.2) is 0 Å². The van der Waals surface area contributed by atoms with Crippen LogP contribution in [0.1, 0.15) is 11.5 Å². The van der Waals surface area contributed by atoms with Crippen molar-refractivity contribution in [2.45, 2.75) is 9.79 Å². The van der Waals surface area contributed by atoms with Crippen LogP contribution in [-0.4, -0.2) is 41.1 Å². The van der Waals surface area contributed by atoms with Crippen molar-refractivity contribution in [3.63, 3.8) is 0 Å². The zero-order chi connectivity index (χ0) is 28.9. The average Bonchev–Trinajstić information content (AvgIpc) is 3.58. The molecule has 0 saturated carbocycles. The predicted octanol–water partition coefficient (Wildman–Crippen LogP) is 1.10. The second-order valence-corrected chi connectivity index (χ2v) is 11.1. The highest BCUT2D eigenvalue weighted by atomic mass is 32.2. The number of sulfonamides is 2. The number of rotatable bonds is 8. The molecule has 0 atom stereocenters. The summed E-state index contributed by atoms with van der Waals surface area (Å²) >= 11 is 0. The molecule has 0 saturated heterocycles. The summed E-state index contributed by atoms with van der Waals surface area (Å²) in [5.41, 5.74) is 5.21. The van der Waals surface area contributed by atoms with Gasteiger partial charge in [-0.3, -0.25) is 9.59 Å². The SMILES string of the molecule is NS(=O)(=O)c1ccc(-c2ccc(/C=N\NC(=O)C(=O)N/N=C/c3ccc(-c4ccc(S(N)(=O)=O)cc4)o3)o2)cc1. The summed E-state index contributed by atoms with van der Waals surface area (Å²) in [5, 5.41) is 17.5. The van der Waals surface area contributed by atoms with E-state index in [-0.39, 0.29) is 21.3 Å². The van der Waals surface area contributed by atoms with Gasteiger partial charge in [-0.1, -0.05) is 0 Å². The van der Waals surface area contributed by atoms with E-state index < -0.39 is 31.9 Å². The minimum Gasteiger partial charge on any atom is -0.455 e. The maximum Gasteiger partial charge on any atom is 0.331 e. The molecule has 2 aromatic carbocycles. The van der Waals surface area contributed by atoms with Crippen LogP contribution in [0.4, 0.5) is 0 Å². The fourth-order valence-electron chi connectivity index (χ4n) is 3.18. The average molecular weight is 585 g/mol. The molecule has 206 valence electrons. The van der Waals surface area contributed by atoms with E-state index in [0.717, 1.165) is 12.4 Å². The number of furan rings is 2. The topological polar surface area (TPSA) is 230 Å². The molecule has 0 spiro atoms. The van der Waals surface area contributed by atoms with Crippen molar-refractivity contribution in [3.8, 4) is 22.6 Å². The fourth-order valence-corrected chi connectivity index (χ4v) is 4.21. The van der Waals surface area contributed by atoms with Gasteiger partial charge in [0.25, 0.3) is 0 Å². The lowest BCUT2D eigenvalue weighted by Gasteiger charge is -2.00. The Bertz CT molecular complexity index is 1690. The molecule has 2 heterocycles. The molecule has 4 rings (SSSR count). The number of primary sulfonamides is 2. The van der Waals surface area contributed by atoms with Crippen LogP contribution in [0.5, 0.6) is 0 Å². The largest absolute Gasteiger partial charge is 0.455 e. The Hall–Kier alpha value is -4.90. The van der Waals surface area contributed by atoms with Crippen molar-refractivity contribution in [3.05, 3.63) is 84.3 Å². The van der Waals surface area contributed by atoms with E-state index in [1.54, 1.807) is 24.3 Å². The van der Waals surface area contributed by atoms with E-state index in [1.165, 1.54) is 48.5 Å². The molecule has 0 radical (unpaired) electrons. The van der Waals surface area contributed by atoms with Gasteiger partial charge in [0.1, 0.15) is 23.0 Å². The number of carbonyl (C=O) groups is 2. The van der Waals surface area contributed by atoms with Gasteiger partial charge in [0.2, 0.25) is 20.0 Å². The first kappa shape index (κ1) is 28.1. The third-order valence-corrected chi connectivity index (χ3v) is 6.97. The van der Waals surface area contributed by atoms with Crippen molar-refractivity contribution in [1.82, 2.24) is 10.9 Å². The molecule has 2 amide bonds. The molecule has 0 aliphatic carbocycles. The van der Waals surface area contributed by atoms with E-state index in [4.69, 9.17) is 19.1 Å². The Labute approximate surface area is 227 Å². The number of hydrogen-bond acceptors (Lipinski definition) is 10. The molecular formula is C24H20N6O8S2. The van der Waals surface area contributed by atoms with Gasteiger partial charge in [-0.25, -0.2) is 38.0 Å². The third kappa shape index (κ3) is 7.14. The molecule has 0 bridgehead atoms. The maximum atomic E-state index is 11.9. The van der Waals surface area contributed by atoms with Crippen LogP contribution in [-0.2, 0) is 29.6 Å². The summed E-state index contributed by atoms with van der Waals surface area (Å²) in [5.74, 6) is -0.901. The quantitative estimate of drug-likeness (QED) is 0.133. The molecule has 0 aliphatic heterocycles. The van der Waals surface area contributed by atoms with E-state index in [1.807, 2.05) is 10.9 Å². The van der Waals surface area contributed by atoms with Gasteiger partial charge in [-0.05, 0) is 72.8 Å². The summed E-state index contributed by atoms with van der Waals surface area (Å²) in [6.45, 7) is 0. The Kier molecular flexibility index (Phi) is 8.05. The molecule has 6 N–H and O–H groups in total. The highest BCUT2D eigenvalue weighted by molar-refractivity contribution is 7.89. The van der Waals surface area contributed by atoms with E-state index in [9.17, 15) is 26.4 Å². The number of nitrogens with two attached hydrogens (primary N) is 2. The Morgan fingerprint density at radius 3 is 1.27 bits per heavy atom. The van der Waals surface area contributed by atoms with Crippen molar-refractivity contribution in [2.75, 3.05) is 0 Å². The zero-order valence-electron chi connectivity index (χ0n) is 20.2. The monoisotopic (exact) mass is 584 g/mol. The highest BCUT2D eigenvalue weighted by Crippen LogP contribution is 2.24. The van der Waals surface area contributed by atoms with Crippen LogP contribution in [0, 0.1) is 0 Å². The van der Waals surface area contributed by atoms with Crippen LogP contribution in [0.2, 0.25) is 0 Å². The lowest BCUT2D eigenvalue weighted by molar-refractivity contribution is -0.139. The molecule has 40 heavy (non-hydrogen) atoms. The first-order valence-electron chi connectivity index (χ1n) is 11.0. The first-order chi connectivity index (χ1) is 18.9. The second-order valence-electron chi connectivity index (χ2n) is 7.94. The van der Waals surface area contributed by atoms with Crippen molar-refractivity contribution in [1.29, 1.82) is 0 Å². The van der Waals surface area contributed by atoms with Gasteiger partial charge >= 0.3 is 11.8 Å². The number of amides is 2. The van der Waals surface area contributed by atoms with Gasteiger partial charge in [0, 0.05) is 11.1 Å². The minimum absolute atomic E-state index is 0.0427. The van der Waals surface area contributed by atoms with Crippen LogP contribution < -0.4 is 21.1 Å². The molecular weight excluding hydrogens is 564 g/mol. The van der Waals surface area contributed by atoms with Gasteiger partial charge in [-0.15, -0.1) is 0 Å². The standard InChI is InChI=1S/C24H20N6O8S2/c25-39(33,34)19-7-1-15(2-8-19)21-11-5-17(37-21)13-27-29-23(31)24(32)30-28-14-18-6-12-22(38-18)16-3-9-20(10-4-16)40(26,35)36/h1-14H,(H,29,31)(H,30,32)(H2,25,33,34)(H2,26,35,36)/b27-13-,28-14+. The van der Waals surface area contributed by atoms with Crippen LogP contribution in [0.3, 0.4) is 0 Å². The molecule has 16 heteroatoms. The lowest BCUT2D eigenvalue weighted by atomic mass is 10.2. The summed E-state index contributed by atoms with van der Waals surface area (Å²) in [6, 6.07) is 17.7. The lowest BCUT2D eigenvalue weighted by Crippen LogP contribution is -2.35. The maximum absolute atomic E-state index is 11.9. The first-order valence-corrected chi connectivity index (χ1v) is 14.1. The molecule has 0 fully saturated rings. The number of nitrogens with zero attached hydrogens (tertiary/aromatic N) is 2. The summed E-state index contributed by atoms with van der Waals surface area (Å²) in [4.78, 5) is 23.8. The second kappa shape index (κ2) is 11.5. The highest BCUT2D eigenvalue weighted by Gasteiger charge is 2.13. The minimum atomic E-state index is -3.82. The summed E-state index contributed by atoms with van der Waals surface area (Å²) in [7, 11) is -7.63. The van der Waals surface area contributed by atoms with Crippen molar-refractivity contribution >= 4 is 44.3 Å². The molecule has 2 aromatic heterocycles. The van der Waals surface area contributed by atoms with Crippen LogP contribution >= 0.6 is 0 Å². The number of hydrogen-bond donors (Lipinski definition) is 4. The predicted molar refractivity (Wildman–Crippen MR) is 143 cm³/mol. The van der Waals surface area contributed by atoms with Gasteiger partial charge in [-0.2, -0.15) is 10.2 Å². The van der Waals surface area contributed by atoms with Gasteiger partial charge in [0.05, 0.1) is 22.2 Å². The van der Waals surface area contributed by atoms with Crippen LogP contribution in [0.25, 0.3) is 22.6 Å². The molecule has 0 unspecified atom stereocenters. The zero-order valence-corrected chi connectivity index (χ0v) is 21.8. The fraction of sp³-hybridized carbons (Fsp3) is 0. The normalized spacial score (nSPS) is 12.2. The Morgan fingerprint density at radius 1 is 0.600 bits per heavy atom. The Morgan fingerprint density at radius 2 is 0.950 bits per heavy atom. The molecule has 0 aliphatic rings. The summed E-state index contributed by atoms with van der Waals surface area (Å²) < 4.78 is 56.5. The number of nitrogens with one attached hydrogen (secondary N) is 2. The number of hydrazone groups is 2. The Balaban J connectivity index is 1.27. The van der Waals surface area contributed by atoms with Crippen molar-refractivity contribution < 1.29 is 35.3 Å². The summed E-state index contributed by atoms with van der Waals surface area (Å²) in [6.07, 6.45) is 2.33. The molecule has 4 aromatic rings. The number of benzene rings is 2. The van der Waals surface area contributed by atoms with Crippen molar-refractivity contribution in [2.24, 2.45) is 20.5 Å². The number of carbonyl (C=O) groups excluding carboxylic acids is 2. The molecule has 14 nitrogen and oxygen atoms in total. The van der Waals surface area contributed by atoms with E-state index in [0.29, 0.717) is 22.6 Å². The van der Waals surface area contributed by atoms with E-state index in [2.05, 4.69) is 10.2 Å².